The summed E-state index contributed by atoms with van der Waals surface area (Å²) in [5.74, 6) is 0.740. The zero-order chi connectivity index (χ0) is 24.2. The molecule has 1 saturated heterocycles. The number of nitrogens with one attached hydrogen (secondary N) is 2. The zero-order valence-electron chi connectivity index (χ0n) is 19.0. The summed E-state index contributed by atoms with van der Waals surface area (Å²) in [5, 5.41) is 7.23. The number of halogens is 2. The third-order valence-corrected chi connectivity index (χ3v) is 7.31. The van der Waals surface area contributed by atoms with Gasteiger partial charge in [0.25, 0.3) is 0 Å². The zero-order valence-corrected chi connectivity index (χ0v) is 20.6. The largest absolute Gasteiger partial charge is 0.353 e. The number of nitrogens with zero attached hydrogens (tertiary/aromatic N) is 3. The van der Waals surface area contributed by atoms with Crippen molar-refractivity contribution >= 4 is 56.4 Å². The highest BCUT2D eigenvalue weighted by Crippen LogP contribution is 2.30. The molecule has 0 atom stereocenters. The monoisotopic (exact) mass is 509 g/mol. The van der Waals surface area contributed by atoms with Gasteiger partial charge in [0, 0.05) is 43.8 Å². The molecule has 0 spiro atoms. The first kappa shape index (κ1) is 23.5. The van der Waals surface area contributed by atoms with Crippen LogP contribution in [0.2, 0.25) is 5.02 Å². The molecule has 4 aromatic rings. The van der Waals surface area contributed by atoms with Crippen LogP contribution in [0.3, 0.4) is 0 Å². The van der Waals surface area contributed by atoms with Gasteiger partial charge in [-0.15, -0.1) is 0 Å². The summed E-state index contributed by atoms with van der Waals surface area (Å²) >= 11 is 7.66. The average Bonchev–Trinajstić information content (AvgIpc) is 3.30. The molecule has 35 heavy (non-hydrogen) atoms. The van der Waals surface area contributed by atoms with Gasteiger partial charge in [-0.3, -0.25) is 4.90 Å². The van der Waals surface area contributed by atoms with Crippen LogP contribution in [-0.4, -0.2) is 48.0 Å². The Kier molecular flexibility index (Phi) is 7.13. The van der Waals surface area contributed by atoms with Crippen molar-refractivity contribution in [2.45, 2.75) is 6.42 Å². The van der Waals surface area contributed by atoms with Gasteiger partial charge in [-0.1, -0.05) is 35.9 Å². The molecule has 1 fully saturated rings. The van der Waals surface area contributed by atoms with E-state index in [1.807, 2.05) is 6.07 Å². The lowest BCUT2D eigenvalue weighted by Gasteiger charge is -2.35. The molecule has 2 amide bonds. The molecule has 2 heterocycles. The van der Waals surface area contributed by atoms with Crippen LogP contribution in [0, 0.1) is 5.82 Å². The maximum atomic E-state index is 14.0. The van der Waals surface area contributed by atoms with Gasteiger partial charge in [0.1, 0.15) is 11.6 Å². The molecule has 1 aromatic heterocycles. The number of hydrogen-bond acceptors (Lipinski definition) is 5. The van der Waals surface area contributed by atoms with E-state index >= 15 is 0 Å². The minimum atomic E-state index is -0.421. The Balaban J connectivity index is 1.18. The standard InChI is InChI=1S/C26H25ClFN5OS/c27-21-6-2-3-7-23(21)30-26(34)29-22-10-9-19(28)17-18(22)11-12-32-13-15-33(16-14-32)25-20-5-1-4-8-24(20)35-31-25/h1-10,17H,11-16H2,(H2,29,30,34). The van der Waals surface area contributed by atoms with E-state index in [1.165, 1.54) is 33.8 Å². The number of para-hydroxylation sites is 1. The van der Waals surface area contributed by atoms with E-state index in [0.717, 1.165) is 44.1 Å². The van der Waals surface area contributed by atoms with Crippen molar-refractivity contribution in [1.82, 2.24) is 9.27 Å². The highest BCUT2D eigenvalue weighted by molar-refractivity contribution is 7.13. The first-order valence-electron chi connectivity index (χ1n) is 11.5. The summed E-state index contributed by atoms with van der Waals surface area (Å²) in [7, 11) is 0. The number of fused-ring (bicyclic) bond motifs is 1. The van der Waals surface area contributed by atoms with Crippen molar-refractivity contribution in [2.24, 2.45) is 0 Å². The first-order valence-corrected chi connectivity index (χ1v) is 12.6. The predicted molar refractivity (Wildman–Crippen MR) is 142 cm³/mol. The molecule has 2 N–H and O–H groups in total. The summed E-state index contributed by atoms with van der Waals surface area (Å²) in [4.78, 5) is 17.2. The smallest absolute Gasteiger partial charge is 0.323 e. The molecule has 1 aliphatic rings. The van der Waals surface area contributed by atoms with Crippen LogP contribution in [0.5, 0.6) is 0 Å². The highest BCUT2D eigenvalue weighted by atomic mass is 35.5. The van der Waals surface area contributed by atoms with Crippen LogP contribution in [0.25, 0.3) is 10.1 Å². The van der Waals surface area contributed by atoms with E-state index in [0.29, 0.717) is 22.8 Å². The number of amides is 2. The first-order chi connectivity index (χ1) is 17.1. The van der Waals surface area contributed by atoms with Crippen molar-refractivity contribution in [3.05, 3.63) is 83.1 Å². The third-order valence-electron chi connectivity index (χ3n) is 6.17. The summed E-state index contributed by atoms with van der Waals surface area (Å²) in [6.07, 6.45) is 0.624. The molecule has 3 aromatic carbocycles. The van der Waals surface area contributed by atoms with Crippen LogP contribution in [0.4, 0.5) is 26.4 Å². The van der Waals surface area contributed by atoms with Gasteiger partial charge in [0.2, 0.25) is 0 Å². The Hall–Kier alpha value is -3.20. The molecule has 0 unspecified atom stereocenters. The van der Waals surface area contributed by atoms with Crippen LogP contribution in [0.15, 0.2) is 66.7 Å². The summed E-state index contributed by atoms with van der Waals surface area (Å²) in [6.45, 7) is 4.36. The second-order valence-corrected chi connectivity index (χ2v) is 9.65. The van der Waals surface area contributed by atoms with E-state index in [1.54, 1.807) is 30.3 Å². The molecular weight excluding hydrogens is 485 g/mol. The maximum Gasteiger partial charge on any atom is 0.323 e. The van der Waals surface area contributed by atoms with E-state index < -0.39 is 6.03 Å². The molecule has 0 bridgehead atoms. The molecule has 5 rings (SSSR count). The van der Waals surface area contributed by atoms with Crippen molar-refractivity contribution in [3.8, 4) is 0 Å². The number of benzene rings is 3. The van der Waals surface area contributed by atoms with Gasteiger partial charge in [-0.25, -0.2) is 9.18 Å². The predicted octanol–water partition coefficient (Wildman–Crippen LogP) is 6.10. The van der Waals surface area contributed by atoms with E-state index in [-0.39, 0.29) is 5.82 Å². The second kappa shape index (κ2) is 10.6. The Morgan fingerprint density at radius 2 is 1.71 bits per heavy atom. The Labute approximate surface area is 212 Å². The van der Waals surface area contributed by atoms with Crippen molar-refractivity contribution in [1.29, 1.82) is 0 Å². The fourth-order valence-electron chi connectivity index (χ4n) is 4.29. The number of hydrogen-bond donors (Lipinski definition) is 2. The molecule has 0 aliphatic carbocycles. The number of aromatic nitrogens is 1. The number of carbonyl (C=O) groups is 1. The van der Waals surface area contributed by atoms with E-state index in [4.69, 9.17) is 11.6 Å². The lowest BCUT2D eigenvalue weighted by Crippen LogP contribution is -2.47. The molecule has 6 nitrogen and oxygen atoms in total. The average molecular weight is 510 g/mol. The topological polar surface area (TPSA) is 60.5 Å². The van der Waals surface area contributed by atoms with Gasteiger partial charge >= 0.3 is 6.03 Å². The molecular formula is C26H25ClFN5OS. The van der Waals surface area contributed by atoms with Crippen LogP contribution >= 0.6 is 23.1 Å². The van der Waals surface area contributed by atoms with E-state index in [9.17, 15) is 9.18 Å². The minimum Gasteiger partial charge on any atom is -0.353 e. The second-order valence-electron chi connectivity index (χ2n) is 8.44. The Morgan fingerprint density at radius 3 is 2.54 bits per heavy atom. The SMILES string of the molecule is O=C(Nc1ccccc1Cl)Nc1ccc(F)cc1CCN1CCN(c2nsc3ccccc23)CC1. The maximum absolute atomic E-state index is 14.0. The number of piperazine rings is 1. The number of anilines is 3. The normalized spacial score (nSPS) is 14.3. The molecule has 0 saturated carbocycles. The fraction of sp³-hybridized carbons (Fsp3) is 0.231. The fourth-order valence-corrected chi connectivity index (χ4v) is 5.27. The van der Waals surface area contributed by atoms with Crippen molar-refractivity contribution < 1.29 is 9.18 Å². The van der Waals surface area contributed by atoms with Gasteiger partial charge in [-0.2, -0.15) is 4.37 Å². The van der Waals surface area contributed by atoms with Gasteiger partial charge in [0.05, 0.1) is 15.4 Å². The lowest BCUT2D eigenvalue weighted by molar-refractivity contribution is 0.260. The minimum absolute atomic E-state index is 0.322. The highest BCUT2D eigenvalue weighted by Gasteiger charge is 2.21. The number of urea groups is 1. The van der Waals surface area contributed by atoms with Crippen LogP contribution in [0.1, 0.15) is 5.56 Å². The van der Waals surface area contributed by atoms with E-state index in [2.05, 4.69) is 43.0 Å². The van der Waals surface area contributed by atoms with Crippen molar-refractivity contribution in [3.63, 3.8) is 0 Å². The summed E-state index contributed by atoms with van der Waals surface area (Å²) in [5.41, 5.74) is 1.86. The third kappa shape index (κ3) is 5.56. The molecule has 0 radical (unpaired) electrons. The Morgan fingerprint density at radius 1 is 0.971 bits per heavy atom. The van der Waals surface area contributed by atoms with Crippen molar-refractivity contribution in [2.75, 3.05) is 48.3 Å². The number of rotatable bonds is 6. The molecule has 9 heteroatoms. The molecule has 1 aliphatic heterocycles. The summed E-state index contributed by atoms with van der Waals surface area (Å²) in [6, 6.07) is 19.4. The Bertz CT molecular complexity index is 1340. The quantitative estimate of drug-likeness (QED) is 0.330. The molecule has 180 valence electrons. The van der Waals surface area contributed by atoms with Crippen LogP contribution < -0.4 is 15.5 Å². The van der Waals surface area contributed by atoms with Gasteiger partial charge in [0.15, 0.2) is 0 Å². The number of carbonyl (C=O) groups excluding carboxylic acids is 1. The lowest BCUT2D eigenvalue weighted by atomic mass is 10.1. The summed E-state index contributed by atoms with van der Waals surface area (Å²) < 4.78 is 19.9. The van der Waals surface area contributed by atoms with Crippen LogP contribution in [-0.2, 0) is 6.42 Å². The van der Waals surface area contributed by atoms with Gasteiger partial charge < -0.3 is 15.5 Å². The van der Waals surface area contributed by atoms with Gasteiger partial charge in [-0.05, 0) is 66.0 Å².